The van der Waals surface area contributed by atoms with Crippen LogP contribution in [0, 0.1) is 6.92 Å². The summed E-state index contributed by atoms with van der Waals surface area (Å²) in [4.78, 5) is 0. The molecule has 1 aliphatic rings. The average molecular weight is 165 g/mol. The van der Waals surface area contributed by atoms with Gasteiger partial charge in [-0.2, -0.15) is 0 Å². The van der Waals surface area contributed by atoms with Gasteiger partial charge in [0.15, 0.2) is 12.5 Å². The highest BCUT2D eigenvalue weighted by atomic mass is 16.7. The van der Waals surface area contributed by atoms with Gasteiger partial charge in [-0.1, -0.05) is 0 Å². The number of rotatable bonds is 0. The van der Waals surface area contributed by atoms with Crippen LogP contribution in [0.25, 0.3) is 0 Å². The van der Waals surface area contributed by atoms with Gasteiger partial charge in [-0.25, -0.2) is 0 Å². The van der Waals surface area contributed by atoms with Gasteiger partial charge in [-0.3, -0.25) is 0 Å². The first-order valence-corrected chi connectivity index (χ1v) is 3.87. The molecule has 2 rings (SSSR count). The molecule has 0 amide bonds. The summed E-state index contributed by atoms with van der Waals surface area (Å²) in [5.74, 6) is 0.784. The zero-order chi connectivity index (χ0) is 8.55. The fraction of sp³-hybridized carbons (Fsp3) is 0.333. The molecule has 0 atom stereocenters. The molecule has 1 aliphatic heterocycles. The summed E-state index contributed by atoms with van der Waals surface area (Å²) in [6.07, 6.45) is 0. The van der Waals surface area contributed by atoms with Crippen LogP contribution in [0.15, 0.2) is 12.1 Å². The number of ether oxygens (including phenoxy) is 2. The molecular formula is C9H11NO2. The third kappa shape index (κ3) is 1.12. The summed E-state index contributed by atoms with van der Waals surface area (Å²) >= 11 is 0. The minimum Gasteiger partial charge on any atom is -0.465 e. The third-order valence-corrected chi connectivity index (χ3v) is 1.88. The van der Waals surface area contributed by atoms with Gasteiger partial charge in [0, 0.05) is 5.56 Å². The molecule has 12 heavy (non-hydrogen) atoms. The fourth-order valence-corrected chi connectivity index (χ4v) is 1.41. The predicted molar refractivity (Wildman–Crippen MR) is 45.9 cm³/mol. The lowest BCUT2D eigenvalue weighted by molar-refractivity contribution is -0.0158. The number of benzene rings is 1. The third-order valence-electron chi connectivity index (χ3n) is 1.88. The number of aryl methyl sites for hydroxylation is 1. The maximum Gasteiger partial charge on any atom is 0.189 e. The van der Waals surface area contributed by atoms with E-state index in [4.69, 9.17) is 15.2 Å². The van der Waals surface area contributed by atoms with Gasteiger partial charge in [0.1, 0.15) is 0 Å². The lowest BCUT2D eigenvalue weighted by atomic mass is 10.1. The van der Waals surface area contributed by atoms with Crippen molar-refractivity contribution in [1.82, 2.24) is 0 Å². The maximum absolute atomic E-state index is 5.76. The predicted octanol–water partition coefficient (Wildman–Crippen LogP) is 1.44. The van der Waals surface area contributed by atoms with E-state index in [1.54, 1.807) is 0 Å². The maximum atomic E-state index is 5.76. The van der Waals surface area contributed by atoms with E-state index < -0.39 is 0 Å². The Morgan fingerprint density at radius 3 is 3.08 bits per heavy atom. The Kier molecular flexibility index (Phi) is 1.66. The SMILES string of the molecule is Cc1cc(N)c2c(c1)COCO2. The Bertz CT molecular complexity index is 310. The Morgan fingerprint density at radius 2 is 2.25 bits per heavy atom. The molecule has 0 aliphatic carbocycles. The standard InChI is InChI=1S/C9H11NO2/c1-6-2-7-4-11-5-12-9(7)8(10)3-6/h2-3H,4-5,10H2,1H3. The topological polar surface area (TPSA) is 44.5 Å². The Hall–Kier alpha value is -1.22. The molecule has 0 bridgehead atoms. The summed E-state index contributed by atoms with van der Waals surface area (Å²) in [5.41, 5.74) is 8.64. The highest BCUT2D eigenvalue weighted by Crippen LogP contribution is 2.31. The van der Waals surface area contributed by atoms with E-state index in [1.807, 2.05) is 19.1 Å². The van der Waals surface area contributed by atoms with E-state index in [2.05, 4.69) is 0 Å². The number of anilines is 1. The smallest absolute Gasteiger partial charge is 0.189 e. The molecule has 2 N–H and O–H groups in total. The van der Waals surface area contributed by atoms with Crippen LogP contribution in [0.5, 0.6) is 5.75 Å². The van der Waals surface area contributed by atoms with Gasteiger partial charge >= 0.3 is 0 Å². The van der Waals surface area contributed by atoms with Crippen LogP contribution in [0.3, 0.4) is 0 Å². The molecule has 1 heterocycles. The number of hydrogen-bond acceptors (Lipinski definition) is 3. The van der Waals surface area contributed by atoms with Gasteiger partial charge in [-0.15, -0.1) is 0 Å². The van der Waals surface area contributed by atoms with Gasteiger partial charge < -0.3 is 15.2 Å². The van der Waals surface area contributed by atoms with Crippen LogP contribution in [0.4, 0.5) is 5.69 Å². The highest BCUT2D eigenvalue weighted by Gasteiger charge is 2.13. The second-order valence-electron chi connectivity index (χ2n) is 2.95. The van der Waals surface area contributed by atoms with Crippen molar-refractivity contribution in [3.8, 4) is 5.75 Å². The number of fused-ring (bicyclic) bond motifs is 1. The number of hydrogen-bond donors (Lipinski definition) is 1. The van der Waals surface area contributed by atoms with Crippen LogP contribution in [0.1, 0.15) is 11.1 Å². The van der Waals surface area contributed by atoms with Gasteiger partial charge in [-0.05, 0) is 24.6 Å². The number of nitrogen functional groups attached to an aromatic ring is 1. The van der Waals surface area contributed by atoms with Crippen molar-refractivity contribution in [1.29, 1.82) is 0 Å². The zero-order valence-electron chi connectivity index (χ0n) is 6.96. The molecule has 0 saturated carbocycles. The molecule has 0 saturated heterocycles. The van der Waals surface area contributed by atoms with Gasteiger partial charge in [0.25, 0.3) is 0 Å². The van der Waals surface area contributed by atoms with Crippen molar-refractivity contribution in [2.45, 2.75) is 13.5 Å². The molecule has 0 spiro atoms. The number of nitrogens with two attached hydrogens (primary N) is 1. The van der Waals surface area contributed by atoms with E-state index in [-0.39, 0.29) is 0 Å². The van der Waals surface area contributed by atoms with E-state index in [0.29, 0.717) is 19.1 Å². The summed E-state index contributed by atoms with van der Waals surface area (Å²) in [5, 5.41) is 0. The van der Waals surface area contributed by atoms with Crippen LogP contribution < -0.4 is 10.5 Å². The zero-order valence-corrected chi connectivity index (χ0v) is 6.96. The minimum atomic E-state index is 0.306. The lowest BCUT2D eigenvalue weighted by Gasteiger charge is -2.19. The largest absolute Gasteiger partial charge is 0.465 e. The average Bonchev–Trinajstić information content (AvgIpc) is 2.04. The van der Waals surface area contributed by atoms with E-state index >= 15 is 0 Å². The second-order valence-corrected chi connectivity index (χ2v) is 2.95. The molecule has 3 heteroatoms. The first kappa shape index (κ1) is 7.43. The summed E-state index contributed by atoms with van der Waals surface area (Å²) in [7, 11) is 0. The molecule has 0 aromatic heterocycles. The normalized spacial score (nSPS) is 15.1. The molecule has 3 nitrogen and oxygen atoms in total. The quantitative estimate of drug-likeness (QED) is 0.591. The first-order chi connectivity index (χ1) is 5.77. The Morgan fingerprint density at radius 1 is 1.42 bits per heavy atom. The lowest BCUT2D eigenvalue weighted by Crippen LogP contribution is -2.13. The molecule has 1 aromatic carbocycles. The monoisotopic (exact) mass is 165 g/mol. The highest BCUT2D eigenvalue weighted by molar-refractivity contribution is 5.58. The van der Waals surface area contributed by atoms with E-state index in [9.17, 15) is 0 Å². The molecule has 64 valence electrons. The Balaban J connectivity index is 2.53. The van der Waals surface area contributed by atoms with E-state index in [0.717, 1.165) is 16.9 Å². The minimum absolute atomic E-state index is 0.306. The van der Waals surface area contributed by atoms with Crippen LogP contribution in [-0.2, 0) is 11.3 Å². The molecule has 1 aromatic rings. The van der Waals surface area contributed by atoms with E-state index in [1.165, 1.54) is 0 Å². The van der Waals surface area contributed by atoms with Crippen LogP contribution in [0.2, 0.25) is 0 Å². The van der Waals surface area contributed by atoms with Gasteiger partial charge in [0.2, 0.25) is 0 Å². The molecular weight excluding hydrogens is 154 g/mol. The van der Waals surface area contributed by atoms with Crippen LogP contribution in [-0.4, -0.2) is 6.79 Å². The Labute approximate surface area is 71.1 Å². The van der Waals surface area contributed by atoms with Gasteiger partial charge in [0.05, 0.1) is 12.3 Å². The molecule has 0 unspecified atom stereocenters. The van der Waals surface area contributed by atoms with Crippen molar-refractivity contribution >= 4 is 5.69 Å². The van der Waals surface area contributed by atoms with Crippen molar-refractivity contribution in [3.05, 3.63) is 23.3 Å². The van der Waals surface area contributed by atoms with Crippen molar-refractivity contribution in [2.24, 2.45) is 0 Å². The summed E-state index contributed by atoms with van der Waals surface area (Å²) < 4.78 is 10.4. The summed E-state index contributed by atoms with van der Waals surface area (Å²) in [6.45, 7) is 2.91. The summed E-state index contributed by atoms with van der Waals surface area (Å²) in [6, 6.07) is 3.94. The van der Waals surface area contributed by atoms with Crippen LogP contribution >= 0.6 is 0 Å². The molecule has 0 fully saturated rings. The van der Waals surface area contributed by atoms with Crippen molar-refractivity contribution in [3.63, 3.8) is 0 Å². The second kappa shape index (κ2) is 2.68. The molecule has 0 radical (unpaired) electrons. The fourth-order valence-electron chi connectivity index (χ4n) is 1.41. The van der Waals surface area contributed by atoms with Crippen molar-refractivity contribution < 1.29 is 9.47 Å². The first-order valence-electron chi connectivity index (χ1n) is 3.87. The van der Waals surface area contributed by atoms with Crippen molar-refractivity contribution in [2.75, 3.05) is 12.5 Å².